The number of rotatable bonds is 4. The first kappa shape index (κ1) is 12.3. The van der Waals surface area contributed by atoms with E-state index < -0.39 is 10.0 Å². The van der Waals surface area contributed by atoms with Gasteiger partial charge in [0.05, 0.1) is 6.20 Å². The molecular weight excluding hydrogens is 268 g/mol. The molecule has 1 aliphatic carbocycles. The van der Waals surface area contributed by atoms with Gasteiger partial charge < -0.3 is 0 Å². The number of nitrogens with zero attached hydrogens (tertiary/aromatic N) is 1. The summed E-state index contributed by atoms with van der Waals surface area (Å²) in [5.41, 5.74) is -0.241. The lowest BCUT2D eigenvalue weighted by Gasteiger charge is -2.41. The number of thiazole rings is 1. The molecule has 1 fully saturated rings. The van der Waals surface area contributed by atoms with E-state index in [-0.39, 0.29) is 14.2 Å². The molecule has 0 unspecified atom stereocenters. The topological polar surface area (TPSA) is 59.1 Å². The van der Waals surface area contributed by atoms with E-state index in [1.54, 1.807) is 0 Å². The molecule has 90 valence electrons. The van der Waals surface area contributed by atoms with Gasteiger partial charge in [0.1, 0.15) is 0 Å². The summed E-state index contributed by atoms with van der Waals surface area (Å²) in [4.78, 5) is 3.75. The average Bonchev–Trinajstić information content (AvgIpc) is 2.59. The van der Waals surface area contributed by atoms with Gasteiger partial charge in [-0.1, -0.05) is 29.9 Å². The van der Waals surface area contributed by atoms with Gasteiger partial charge in [0.25, 0.3) is 10.0 Å². The van der Waals surface area contributed by atoms with Crippen LogP contribution in [0.15, 0.2) is 10.4 Å². The van der Waals surface area contributed by atoms with E-state index in [2.05, 4.69) is 9.71 Å². The summed E-state index contributed by atoms with van der Waals surface area (Å²) in [7, 11) is -3.45. The maximum atomic E-state index is 12.0. The second kappa shape index (κ2) is 4.25. The predicted octanol–water partition coefficient (Wildman–Crippen LogP) is 2.41. The van der Waals surface area contributed by atoms with Crippen molar-refractivity contribution in [2.45, 2.75) is 42.4 Å². The maximum absolute atomic E-state index is 12.0. The molecule has 0 aliphatic heterocycles. The molecule has 4 nitrogen and oxygen atoms in total. The maximum Gasteiger partial charge on any atom is 0.252 e. The van der Waals surface area contributed by atoms with Crippen LogP contribution < -0.4 is 4.72 Å². The Balaban J connectivity index is 2.20. The zero-order valence-electron chi connectivity index (χ0n) is 8.86. The van der Waals surface area contributed by atoms with Gasteiger partial charge in [0.2, 0.25) is 0 Å². The highest BCUT2D eigenvalue weighted by molar-refractivity contribution is 7.91. The van der Waals surface area contributed by atoms with Gasteiger partial charge in [0.15, 0.2) is 8.68 Å². The lowest BCUT2D eigenvalue weighted by Crippen LogP contribution is -2.52. The number of aromatic nitrogens is 1. The van der Waals surface area contributed by atoms with Crippen LogP contribution in [-0.4, -0.2) is 18.9 Å². The highest BCUT2D eigenvalue weighted by Crippen LogP contribution is 2.36. The third-order valence-corrected chi connectivity index (χ3v) is 6.21. The first-order valence-corrected chi connectivity index (χ1v) is 7.80. The molecule has 1 aromatic heterocycles. The Hall–Kier alpha value is -0.170. The molecule has 0 spiro atoms. The lowest BCUT2D eigenvalue weighted by atomic mass is 9.76. The monoisotopic (exact) mass is 280 g/mol. The number of nitrogens with one attached hydrogen (secondary N) is 1. The fourth-order valence-electron chi connectivity index (χ4n) is 1.83. The van der Waals surface area contributed by atoms with Crippen molar-refractivity contribution in [1.82, 2.24) is 9.71 Å². The van der Waals surface area contributed by atoms with Gasteiger partial charge in [-0.05, 0) is 25.7 Å². The molecule has 2 rings (SSSR count). The van der Waals surface area contributed by atoms with Crippen molar-refractivity contribution in [2.24, 2.45) is 0 Å². The Kier molecular flexibility index (Phi) is 3.27. The predicted molar refractivity (Wildman–Crippen MR) is 64.3 cm³/mol. The zero-order valence-corrected chi connectivity index (χ0v) is 11.3. The zero-order chi connectivity index (χ0) is 11.8. The largest absolute Gasteiger partial charge is 0.252 e. The van der Waals surface area contributed by atoms with Gasteiger partial charge >= 0.3 is 0 Å². The van der Waals surface area contributed by atoms with Gasteiger partial charge in [-0.15, -0.1) is 0 Å². The Morgan fingerprint density at radius 1 is 1.62 bits per heavy atom. The fraction of sp³-hybridized carbons (Fsp3) is 0.667. The average molecular weight is 281 g/mol. The molecule has 0 bridgehead atoms. The molecule has 16 heavy (non-hydrogen) atoms. The minimum Gasteiger partial charge on any atom is -0.232 e. The van der Waals surface area contributed by atoms with Crippen molar-refractivity contribution < 1.29 is 8.42 Å². The van der Waals surface area contributed by atoms with E-state index in [1.807, 2.05) is 6.92 Å². The molecule has 1 aromatic rings. The standard InChI is InChI=1S/C9H13ClN2O2S2/c1-2-9(4-3-5-9)12-16(13,14)7-6-11-8(10)15-7/h6,12H,2-5H2,1H3. The van der Waals surface area contributed by atoms with Crippen molar-refractivity contribution >= 4 is 33.0 Å². The van der Waals surface area contributed by atoms with Crippen LogP contribution >= 0.6 is 22.9 Å². The van der Waals surface area contributed by atoms with E-state index in [1.165, 1.54) is 6.20 Å². The summed E-state index contributed by atoms with van der Waals surface area (Å²) in [6.45, 7) is 2.00. The highest BCUT2D eigenvalue weighted by atomic mass is 35.5. The molecule has 1 N–H and O–H groups in total. The smallest absolute Gasteiger partial charge is 0.232 e. The van der Waals surface area contributed by atoms with Crippen LogP contribution in [0.2, 0.25) is 4.47 Å². The van der Waals surface area contributed by atoms with Crippen LogP contribution in [0.4, 0.5) is 0 Å². The Morgan fingerprint density at radius 2 is 2.31 bits per heavy atom. The van der Waals surface area contributed by atoms with Crippen molar-refractivity contribution in [1.29, 1.82) is 0 Å². The molecule has 0 aromatic carbocycles. The minimum absolute atomic E-state index is 0.192. The minimum atomic E-state index is -3.45. The van der Waals surface area contributed by atoms with E-state index in [0.29, 0.717) is 0 Å². The van der Waals surface area contributed by atoms with Crippen molar-refractivity contribution in [2.75, 3.05) is 0 Å². The Bertz CT molecular complexity index is 474. The quantitative estimate of drug-likeness (QED) is 0.921. The Morgan fingerprint density at radius 3 is 2.69 bits per heavy atom. The molecule has 1 aliphatic rings. The summed E-state index contributed by atoms with van der Waals surface area (Å²) < 4.78 is 27.2. The van der Waals surface area contributed by atoms with Crippen molar-refractivity contribution in [3.8, 4) is 0 Å². The van der Waals surface area contributed by atoms with E-state index in [9.17, 15) is 8.42 Å². The summed E-state index contributed by atoms with van der Waals surface area (Å²) in [5, 5.41) is 0. The molecule has 0 saturated heterocycles. The summed E-state index contributed by atoms with van der Waals surface area (Å²) >= 11 is 6.62. The highest BCUT2D eigenvalue weighted by Gasteiger charge is 2.39. The van der Waals surface area contributed by atoms with Crippen LogP contribution in [0.5, 0.6) is 0 Å². The molecule has 0 amide bonds. The SMILES string of the molecule is CCC1(NS(=O)(=O)c2cnc(Cl)s2)CCC1. The number of sulfonamides is 1. The molecular formula is C9H13ClN2O2S2. The summed E-state index contributed by atoms with van der Waals surface area (Å²) in [5.74, 6) is 0. The lowest BCUT2D eigenvalue weighted by molar-refractivity contribution is 0.214. The summed E-state index contributed by atoms with van der Waals surface area (Å²) in [6, 6.07) is 0. The molecule has 7 heteroatoms. The van der Waals surface area contributed by atoms with Crippen molar-refractivity contribution in [3.63, 3.8) is 0 Å². The van der Waals surface area contributed by atoms with Crippen LogP contribution in [0, 0.1) is 0 Å². The third kappa shape index (κ3) is 2.25. The normalized spacial score (nSPS) is 19.4. The first-order valence-electron chi connectivity index (χ1n) is 5.13. The molecule has 1 heterocycles. The number of hydrogen-bond donors (Lipinski definition) is 1. The van der Waals surface area contributed by atoms with Crippen LogP contribution in [0.3, 0.4) is 0 Å². The fourth-order valence-corrected chi connectivity index (χ4v) is 4.65. The van der Waals surface area contributed by atoms with Crippen LogP contribution in [-0.2, 0) is 10.0 Å². The Labute approximate surface area is 104 Å². The van der Waals surface area contributed by atoms with Gasteiger partial charge in [0, 0.05) is 5.54 Å². The molecule has 0 atom stereocenters. The van der Waals surface area contributed by atoms with E-state index in [0.717, 1.165) is 37.0 Å². The molecule has 1 saturated carbocycles. The van der Waals surface area contributed by atoms with Crippen LogP contribution in [0.25, 0.3) is 0 Å². The van der Waals surface area contributed by atoms with Crippen LogP contribution in [0.1, 0.15) is 32.6 Å². The van der Waals surface area contributed by atoms with Crippen molar-refractivity contribution in [3.05, 3.63) is 10.7 Å². The van der Waals surface area contributed by atoms with Gasteiger partial charge in [-0.25, -0.2) is 18.1 Å². The molecule has 0 radical (unpaired) electrons. The second-order valence-electron chi connectivity index (χ2n) is 4.03. The first-order chi connectivity index (χ1) is 7.47. The van der Waals surface area contributed by atoms with Gasteiger partial charge in [-0.2, -0.15) is 0 Å². The van der Waals surface area contributed by atoms with E-state index in [4.69, 9.17) is 11.6 Å². The number of halogens is 1. The van der Waals surface area contributed by atoms with E-state index >= 15 is 0 Å². The summed E-state index contributed by atoms with van der Waals surface area (Å²) in [6.07, 6.45) is 5.03. The third-order valence-electron chi connectivity index (χ3n) is 3.06. The van der Waals surface area contributed by atoms with Gasteiger partial charge in [-0.3, -0.25) is 0 Å². The second-order valence-corrected chi connectivity index (χ2v) is 7.55. The number of hydrogen-bond acceptors (Lipinski definition) is 4.